The Hall–Kier alpha value is -3.03. The van der Waals surface area contributed by atoms with E-state index in [1.165, 1.54) is 15.4 Å². The molecule has 2 aromatic rings. The molecule has 1 aliphatic rings. The Balaban J connectivity index is 1.98. The first-order chi connectivity index (χ1) is 21.2. The molecule has 2 aromatic carbocycles. The van der Waals surface area contributed by atoms with Crippen molar-refractivity contribution in [3.63, 3.8) is 0 Å². The van der Waals surface area contributed by atoms with Crippen molar-refractivity contribution in [2.45, 2.75) is 70.9 Å². The second-order valence-corrected chi connectivity index (χ2v) is 15.1. The normalized spacial score (nSPS) is 14.6. The van der Waals surface area contributed by atoms with Gasteiger partial charge in [0.15, 0.2) is 0 Å². The highest BCUT2D eigenvalue weighted by atomic mass is 32.2. The van der Waals surface area contributed by atoms with Crippen LogP contribution in [0.3, 0.4) is 0 Å². The van der Waals surface area contributed by atoms with Gasteiger partial charge >= 0.3 is 0 Å². The van der Waals surface area contributed by atoms with Gasteiger partial charge in [-0.15, -0.1) is 0 Å². The Morgan fingerprint density at radius 2 is 1.80 bits per heavy atom. The van der Waals surface area contributed by atoms with Crippen molar-refractivity contribution in [3.8, 4) is 5.75 Å². The molecule has 0 spiro atoms. The van der Waals surface area contributed by atoms with Gasteiger partial charge in [-0.2, -0.15) is 4.31 Å². The summed E-state index contributed by atoms with van der Waals surface area (Å²) in [6.07, 6.45) is -0.452. The van der Waals surface area contributed by atoms with Crippen LogP contribution in [0.15, 0.2) is 53.4 Å². The highest BCUT2D eigenvalue weighted by molar-refractivity contribution is 7.89. The van der Waals surface area contributed by atoms with Gasteiger partial charge in [0.1, 0.15) is 5.75 Å². The molecule has 1 unspecified atom stereocenters. The number of hydrogen-bond acceptors (Lipinski definition) is 8. The predicted molar refractivity (Wildman–Crippen MR) is 173 cm³/mol. The van der Waals surface area contributed by atoms with E-state index in [0.29, 0.717) is 31.9 Å². The lowest BCUT2D eigenvalue weighted by molar-refractivity contribution is -0.149. The van der Waals surface area contributed by atoms with Crippen LogP contribution >= 0.6 is 0 Å². The number of methoxy groups -OCH3 is 1. The van der Waals surface area contributed by atoms with Crippen LogP contribution in [0.4, 0.5) is 0 Å². The molecule has 250 valence electrons. The third-order valence-corrected chi connectivity index (χ3v) is 9.11. The molecule has 2 atom stereocenters. The Labute approximate surface area is 268 Å². The summed E-state index contributed by atoms with van der Waals surface area (Å²) in [4.78, 5) is 27.0. The molecular formula is C33H50N4O7S. The number of carbonyl (C=O) groups excluding carboxylic acids is 2. The highest BCUT2D eigenvalue weighted by Crippen LogP contribution is 2.30. The van der Waals surface area contributed by atoms with Gasteiger partial charge in [0.25, 0.3) is 5.91 Å². The second kappa shape index (κ2) is 16.5. The van der Waals surface area contributed by atoms with Gasteiger partial charge in [0.2, 0.25) is 15.9 Å². The van der Waals surface area contributed by atoms with Crippen molar-refractivity contribution >= 4 is 21.8 Å². The third kappa shape index (κ3) is 11.1. The Kier molecular flexibility index (Phi) is 13.4. The molecule has 3 N–H and O–H groups in total. The number of nitrogens with one attached hydrogen (secondary N) is 2. The summed E-state index contributed by atoms with van der Waals surface area (Å²) in [5.74, 6) is -0.225. The lowest BCUT2D eigenvalue weighted by Crippen LogP contribution is -2.60. The standard InChI is InChI=1S/C33H50N4O7S/c1-24(2)22-36(45(41,42)27-12-13-30-26(19-27)14-16-44-30)23-29(38)28(18-25-10-8-7-9-11-25)37(32(40)20-33(3,4)5)35-31(39)21-34-15-17-43-6/h7-13,19,24,28-29,34,38H,14-18,20-23H2,1-6H3,(H,35,39)/t28?,29-/m1/s1. The zero-order valence-electron chi connectivity index (χ0n) is 27.4. The van der Waals surface area contributed by atoms with Gasteiger partial charge in [-0.1, -0.05) is 65.0 Å². The Morgan fingerprint density at radius 3 is 2.44 bits per heavy atom. The summed E-state index contributed by atoms with van der Waals surface area (Å²) in [6.45, 7) is 10.7. The molecule has 0 bridgehead atoms. The number of rotatable bonds is 16. The van der Waals surface area contributed by atoms with E-state index in [4.69, 9.17) is 9.47 Å². The van der Waals surface area contributed by atoms with Crippen LogP contribution in [0, 0.1) is 11.3 Å². The summed E-state index contributed by atoms with van der Waals surface area (Å²) < 4.78 is 39.9. The summed E-state index contributed by atoms with van der Waals surface area (Å²) in [5, 5.41) is 16.1. The maximum Gasteiger partial charge on any atom is 0.252 e. The molecule has 11 nitrogen and oxygen atoms in total. The van der Waals surface area contributed by atoms with E-state index in [-0.39, 0.29) is 49.2 Å². The number of carbonyl (C=O) groups is 2. The van der Waals surface area contributed by atoms with Crippen molar-refractivity contribution in [2.75, 3.05) is 46.5 Å². The minimum absolute atomic E-state index is 0.0474. The van der Waals surface area contributed by atoms with E-state index in [1.807, 2.05) is 65.0 Å². The first-order valence-corrected chi connectivity index (χ1v) is 16.9. The fourth-order valence-electron chi connectivity index (χ4n) is 5.15. The van der Waals surface area contributed by atoms with Crippen molar-refractivity contribution in [1.82, 2.24) is 20.1 Å². The van der Waals surface area contributed by atoms with Crippen molar-refractivity contribution in [1.29, 1.82) is 0 Å². The summed E-state index contributed by atoms with van der Waals surface area (Å²) in [7, 11) is -2.47. The van der Waals surface area contributed by atoms with E-state index in [2.05, 4.69) is 10.7 Å². The number of fused-ring (bicyclic) bond motifs is 1. The molecule has 0 fully saturated rings. The van der Waals surface area contributed by atoms with Gasteiger partial charge in [0.05, 0.1) is 36.8 Å². The quantitative estimate of drug-likeness (QED) is 0.187. The molecule has 3 rings (SSSR count). The first-order valence-electron chi connectivity index (χ1n) is 15.5. The number of aliphatic hydroxyl groups excluding tert-OH is 1. The van der Waals surface area contributed by atoms with E-state index in [0.717, 1.165) is 11.1 Å². The van der Waals surface area contributed by atoms with Crippen LogP contribution in [0.5, 0.6) is 5.75 Å². The van der Waals surface area contributed by atoms with Crippen LogP contribution in [0.1, 0.15) is 52.2 Å². The molecule has 1 heterocycles. The smallest absolute Gasteiger partial charge is 0.252 e. The van der Waals surface area contributed by atoms with Crippen LogP contribution in [-0.4, -0.2) is 93.3 Å². The molecule has 45 heavy (non-hydrogen) atoms. The molecule has 12 heteroatoms. The predicted octanol–water partition coefficient (Wildman–Crippen LogP) is 2.77. The largest absolute Gasteiger partial charge is 0.493 e. The number of benzene rings is 2. The number of amides is 2. The first kappa shape index (κ1) is 36.4. The number of nitrogens with zero attached hydrogens (tertiary/aromatic N) is 2. The topological polar surface area (TPSA) is 138 Å². The molecule has 0 saturated carbocycles. The van der Waals surface area contributed by atoms with Gasteiger partial charge in [-0.3, -0.25) is 15.0 Å². The minimum Gasteiger partial charge on any atom is -0.493 e. The average Bonchev–Trinajstić information content (AvgIpc) is 3.44. The van der Waals surface area contributed by atoms with E-state index in [9.17, 15) is 23.1 Å². The van der Waals surface area contributed by atoms with Crippen LogP contribution in [-0.2, 0) is 37.2 Å². The van der Waals surface area contributed by atoms with Crippen LogP contribution in [0.2, 0.25) is 0 Å². The fraction of sp³-hybridized carbons (Fsp3) is 0.576. The molecule has 1 aliphatic heterocycles. The van der Waals surface area contributed by atoms with Crippen LogP contribution in [0.25, 0.3) is 0 Å². The maximum atomic E-state index is 14.0. The van der Waals surface area contributed by atoms with E-state index < -0.39 is 33.5 Å². The van der Waals surface area contributed by atoms with E-state index in [1.54, 1.807) is 19.2 Å². The van der Waals surface area contributed by atoms with Gasteiger partial charge < -0.3 is 19.9 Å². The number of sulfonamides is 1. The van der Waals surface area contributed by atoms with Crippen molar-refractivity contribution in [2.24, 2.45) is 11.3 Å². The Bertz CT molecular complexity index is 1360. The number of hydrogen-bond donors (Lipinski definition) is 3. The van der Waals surface area contributed by atoms with Gasteiger partial charge in [-0.25, -0.2) is 13.4 Å². The van der Waals surface area contributed by atoms with E-state index >= 15 is 0 Å². The zero-order chi connectivity index (χ0) is 33.2. The van der Waals surface area contributed by atoms with Crippen LogP contribution < -0.4 is 15.5 Å². The summed E-state index contributed by atoms with van der Waals surface area (Å²) in [5.41, 5.74) is 3.96. The SMILES string of the molecule is COCCNCC(=O)NN(C(=O)CC(C)(C)C)C(Cc1ccccc1)[C@H](O)CN(CC(C)C)S(=O)(=O)c1ccc2c(c1)CCO2. The second-order valence-electron chi connectivity index (χ2n) is 13.1. The highest BCUT2D eigenvalue weighted by Gasteiger charge is 2.37. The lowest BCUT2D eigenvalue weighted by Gasteiger charge is -2.38. The maximum absolute atomic E-state index is 14.0. The molecular weight excluding hydrogens is 596 g/mol. The summed E-state index contributed by atoms with van der Waals surface area (Å²) >= 11 is 0. The fourth-order valence-corrected chi connectivity index (χ4v) is 6.83. The van der Waals surface area contributed by atoms with Gasteiger partial charge in [0, 0.05) is 39.6 Å². The van der Waals surface area contributed by atoms with Gasteiger partial charge in [-0.05, 0) is 47.1 Å². The number of hydrazine groups is 1. The minimum atomic E-state index is -4.03. The number of aliphatic hydroxyl groups is 1. The molecule has 0 saturated heterocycles. The summed E-state index contributed by atoms with van der Waals surface area (Å²) in [6, 6.07) is 13.2. The number of ether oxygens (including phenoxy) is 2. The molecule has 2 amide bonds. The third-order valence-electron chi connectivity index (χ3n) is 7.29. The van der Waals surface area contributed by atoms with Crippen molar-refractivity contribution < 1.29 is 32.6 Å². The zero-order valence-corrected chi connectivity index (χ0v) is 28.2. The molecule has 0 aromatic heterocycles. The lowest BCUT2D eigenvalue weighted by atomic mass is 9.91. The monoisotopic (exact) mass is 646 g/mol. The molecule has 0 radical (unpaired) electrons. The Morgan fingerprint density at radius 1 is 1.09 bits per heavy atom. The molecule has 0 aliphatic carbocycles. The van der Waals surface area contributed by atoms with Crippen molar-refractivity contribution in [3.05, 3.63) is 59.7 Å². The average molecular weight is 647 g/mol.